The van der Waals surface area contributed by atoms with Gasteiger partial charge in [0.15, 0.2) is 5.82 Å². The number of aromatic nitrogens is 5. The molecule has 3 aromatic heterocycles. The monoisotopic (exact) mass is 579 g/mol. The van der Waals surface area contributed by atoms with Crippen LogP contribution < -0.4 is 0 Å². The molecule has 9 aromatic rings. The normalized spacial score (nSPS) is 16.7. The van der Waals surface area contributed by atoms with Crippen LogP contribution in [-0.2, 0) is 0 Å². The lowest BCUT2D eigenvalue weighted by molar-refractivity contribution is 0.893. The maximum Gasteiger partial charge on any atom is 0.240 e. The van der Waals surface area contributed by atoms with E-state index in [1.165, 1.54) is 0 Å². The molecule has 5 heteroatoms. The van der Waals surface area contributed by atoms with Crippen molar-refractivity contribution in [2.75, 3.05) is 0 Å². The molecule has 5 nitrogen and oxygen atoms in total. The Balaban J connectivity index is 1.50. The lowest BCUT2D eigenvalue weighted by Crippen LogP contribution is -2.10. The van der Waals surface area contributed by atoms with Crippen molar-refractivity contribution >= 4 is 43.6 Å². The molecular weight excluding hydrogens is 538 g/mol. The predicted molar refractivity (Wildman–Crippen MR) is 179 cm³/mol. The zero-order valence-electron chi connectivity index (χ0n) is 38.4. The summed E-state index contributed by atoms with van der Waals surface area (Å²) in [5.74, 6) is -1.02. The second kappa shape index (κ2) is 9.75. The van der Waals surface area contributed by atoms with Crippen molar-refractivity contribution in [1.29, 1.82) is 0 Å². The summed E-state index contributed by atoms with van der Waals surface area (Å²) in [7, 11) is 0. The van der Waals surface area contributed by atoms with Gasteiger partial charge in [0.1, 0.15) is 0 Å². The Labute approximate surface area is 275 Å². The fraction of sp³-hybridized carbons (Fsp3) is 0. The van der Waals surface area contributed by atoms with Crippen LogP contribution in [-0.4, -0.2) is 24.1 Å². The standard InChI is InChI=1S/C39H25N5/c1-2-12-26(13-3-1)27-22-24-28(25-23-27)37-40-38(43-33-18-8-4-14-29(33)30-15-5-9-19-34(30)43)42-39(41-37)44-35-20-10-6-16-31(35)32-17-7-11-21-36(32)44/h1-25H/i4D,5D,6D,7D,8D,9D,10D,11D,14D,15D,16D,17D,18D,19D,20D,21D. The third-order valence-corrected chi connectivity index (χ3v) is 7.33. The van der Waals surface area contributed by atoms with Gasteiger partial charge in [-0.2, -0.15) is 15.0 Å². The van der Waals surface area contributed by atoms with Crippen LogP contribution in [0.25, 0.3) is 78.0 Å². The second-order valence-electron chi connectivity index (χ2n) is 9.77. The molecule has 0 bridgehead atoms. The Hall–Kier alpha value is -6.07. The van der Waals surface area contributed by atoms with Gasteiger partial charge in [-0.25, -0.2) is 0 Å². The highest BCUT2D eigenvalue weighted by atomic mass is 15.3. The van der Waals surface area contributed by atoms with Crippen molar-refractivity contribution in [2.45, 2.75) is 0 Å². The summed E-state index contributed by atoms with van der Waals surface area (Å²) in [6.45, 7) is 0. The summed E-state index contributed by atoms with van der Waals surface area (Å²) >= 11 is 0. The average Bonchev–Trinajstić information content (AvgIpc) is 3.82. The lowest BCUT2D eigenvalue weighted by Gasteiger charge is -2.13. The van der Waals surface area contributed by atoms with E-state index in [1.54, 1.807) is 24.3 Å². The SMILES string of the molecule is [2H]c1c([2H])c([2H])c2c(c1[2H])c1c([2H])c([2H])c([2H])c([2H])c1n2-c1nc(-c2ccc(-c3ccccc3)cc2)nc(-n2c3c([2H])c([2H])c([2H])c([2H])c3c3c([2H])c([2H])c([2H])c([2H])c32)n1. The van der Waals surface area contributed by atoms with Crippen LogP contribution in [0.1, 0.15) is 21.9 Å². The van der Waals surface area contributed by atoms with Crippen molar-refractivity contribution < 1.29 is 21.9 Å². The smallest absolute Gasteiger partial charge is 0.240 e. The summed E-state index contributed by atoms with van der Waals surface area (Å²) in [6.07, 6.45) is 0. The molecule has 6 aromatic carbocycles. The molecule has 0 saturated carbocycles. The van der Waals surface area contributed by atoms with E-state index >= 15 is 0 Å². The highest BCUT2D eigenvalue weighted by Crippen LogP contribution is 2.34. The molecule has 0 radical (unpaired) electrons. The molecule has 0 N–H and O–H groups in total. The minimum absolute atomic E-state index is 0.122. The molecule has 3 heterocycles. The minimum Gasteiger partial charge on any atom is -0.278 e. The molecule has 0 unspecified atom stereocenters. The van der Waals surface area contributed by atoms with E-state index in [-0.39, 0.29) is 49.4 Å². The molecule has 44 heavy (non-hydrogen) atoms. The summed E-state index contributed by atoms with van der Waals surface area (Å²) in [5, 5.41) is -1.00. The number of hydrogen-bond donors (Lipinski definition) is 0. The Morgan fingerprint density at radius 2 is 0.750 bits per heavy atom. The fourth-order valence-corrected chi connectivity index (χ4v) is 5.37. The summed E-state index contributed by atoms with van der Waals surface area (Å²) in [5.41, 5.74) is 0.816. The summed E-state index contributed by atoms with van der Waals surface area (Å²) in [4.78, 5) is 14.2. The van der Waals surface area contributed by atoms with E-state index in [1.807, 2.05) is 30.3 Å². The van der Waals surface area contributed by atoms with Crippen molar-refractivity contribution in [2.24, 2.45) is 0 Å². The van der Waals surface area contributed by atoms with Gasteiger partial charge in [-0.05, 0) is 35.3 Å². The third kappa shape index (κ3) is 3.76. The van der Waals surface area contributed by atoms with E-state index in [9.17, 15) is 0 Å². The zero-order valence-corrected chi connectivity index (χ0v) is 22.4. The van der Waals surface area contributed by atoms with Crippen LogP contribution >= 0.6 is 0 Å². The van der Waals surface area contributed by atoms with Gasteiger partial charge in [-0.1, -0.05) is 127 Å². The van der Waals surface area contributed by atoms with E-state index in [2.05, 4.69) is 0 Å². The van der Waals surface area contributed by atoms with Crippen LogP contribution in [0.5, 0.6) is 0 Å². The van der Waals surface area contributed by atoms with Crippen LogP contribution in [0.2, 0.25) is 0 Å². The maximum absolute atomic E-state index is 9.05. The van der Waals surface area contributed by atoms with Crippen LogP contribution in [0.15, 0.2) is 151 Å². The topological polar surface area (TPSA) is 48.5 Å². The number of nitrogens with zero attached hydrogens (tertiary/aromatic N) is 5. The van der Waals surface area contributed by atoms with Gasteiger partial charge in [0.2, 0.25) is 11.9 Å². The number of para-hydroxylation sites is 4. The number of rotatable bonds is 4. The Morgan fingerprint density at radius 1 is 0.386 bits per heavy atom. The van der Waals surface area contributed by atoms with Crippen LogP contribution in [0.4, 0.5) is 0 Å². The molecule has 0 saturated heterocycles. The summed E-state index contributed by atoms with van der Waals surface area (Å²) in [6, 6.07) is 6.05. The molecule has 0 aliphatic carbocycles. The van der Waals surface area contributed by atoms with E-state index < -0.39 is 109 Å². The molecule has 0 spiro atoms. The van der Waals surface area contributed by atoms with Gasteiger partial charge in [-0.3, -0.25) is 9.13 Å². The molecule has 206 valence electrons. The first kappa shape index (κ1) is 13.5. The largest absolute Gasteiger partial charge is 0.278 e. The van der Waals surface area contributed by atoms with E-state index in [0.29, 0.717) is 5.56 Å². The number of fused-ring (bicyclic) bond motifs is 6. The average molecular weight is 580 g/mol. The first-order chi connectivity index (χ1) is 28.5. The van der Waals surface area contributed by atoms with Crippen molar-refractivity contribution in [3.63, 3.8) is 0 Å². The molecular formula is C39H25N5. The van der Waals surface area contributed by atoms with Crippen LogP contribution in [0.3, 0.4) is 0 Å². The Bertz CT molecular complexity index is 3050. The minimum atomic E-state index is -0.688. The Morgan fingerprint density at radius 3 is 1.18 bits per heavy atom. The highest BCUT2D eigenvalue weighted by Gasteiger charge is 2.20. The van der Waals surface area contributed by atoms with E-state index in [0.717, 1.165) is 20.3 Å². The fourth-order valence-electron chi connectivity index (χ4n) is 5.37. The quantitative estimate of drug-likeness (QED) is 0.209. The molecule has 0 aliphatic heterocycles. The van der Waals surface area contributed by atoms with Crippen molar-refractivity contribution in [1.82, 2.24) is 24.1 Å². The first-order valence-corrected chi connectivity index (χ1v) is 13.4. The maximum atomic E-state index is 9.05. The van der Waals surface area contributed by atoms with Gasteiger partial charge in [0, 0.05) is 27.1 Å². The molecule has 0 aliphatic rings. The second-order valence-corrected chi connectivity index (χ2v) is 9.77. The number of benzene rings is 6. The molecule has 9 rings (SSSR count). The first-order valence-electron chi connectivity index (χ1n) is 21.4. The van der Waals surface area contributed by atoms with Crippen molar-refractivity contribution in [3.05, 3.63) is 151 Å². The zero-order chi connectivity index (χ0) is 43.0. The third-order valence-electron chi connectivity index (χ3n) is 7.33. The van der Waals surface area contributed by atoms with Gasteiger partial charge in [0.25, 0.3) is 0 Å². The predicted octanol–water partition coefficient (Wildman–Crippen LogP) is 9.40. The summed E-state index contributed by atoms with van der Waals surface area (Å²) < 4.78 is 142. The van der Waals surface area contributed by atoms with Gasteiger partial charge < -0.3 is 0 Å². The van der Waals surface area contributed by atoms with Crippen LogP contribution in [0, 0.1) is 0 Å². The molecule has 0 atom stereocenters. The molecule has 0 amide bonds. The van der Waals surface area contributed by atoms with Gasteiger partial charge in [0.05, 0.1) is 44.0 Å². The Kier molecular flexibility index (Phi) is 2.99. The lowest BCUT2D eigenvalue weighted by atomic mass is 10.0. The highest BCUT2D eigenvalue weighted by molar-refractivity contribution is 6.10. The van der Waals surface area contributed by atoms with Gasteiger partial charge >= 0.3 is 0 Å². The van der Waals surface area contributed by atoms with E-state index in [4.69, 9.17) is 36.9 Å². The van der Waals surface area contributed by atoms with Crippen molar-refractivity contribution in [3.8, 4) is 34.4 Å². The van der Waals surface area contributed by atoms with Gasteiger partial charge in [-0.15, -0.1) is 0 Å². The number of hydrogen-bond acceptors (Lipinski definition) is 3. The molecule has 0 fully saturated rings.